The van der Waals surface area contributed by atoms with Crippen molar-refractivity contribution in [2.24, 2.45) is 0 Å². The molecule has 0 aliphatic heterocycles. The van der Waals surface area contributed by atoms with Crippen LogP contribution in [0.3, 0.4) is 0 Å². The normalized spacial score (nSPS) is 10.2. The molecule has 94 valence electrons. The van der Waals surface area contributed by atoms with Gasteiger partial charge in [-0.25, -0.2) is 0 Å². The second-order valence-electron chi connectivity index (χ2n) is 3.84. The SMILES string of the molecule is Cc1cc(NNc2ccc(I)c(Cl)c2)ccc1I. The number of aryl methyl sites for hydroxylation is 1. The Labute approximate surface area is 139 Å². The molecule has 2 aromatic rings. The number of nitrogens with one attached hydrogen (secondary N) is 2. The van der Waals surface area contributed by atoms with Crippen LogP contribution in [0.4, 0.5) is 11.4 Å². The van der Waals surface area contributed by atoms with E-state index in [4.69, 9.17) is 11.6 Å². The predicted octanol–water partition coefficient (Wildman–Crippen LogP) is 5.30. The molecule has 0 bridgehead atoms. The van der Waals surface area contributed by atoms with Gasteiger partial charge in [0.2, 0.25) is 0 Å². The Morgan fingerprint density at radius 2 is 1.44 bits per heavy atom. The third-order valence-electron chi connectivity index (χ3n) is 2.43. The maximum atomic E-state index is 6.07. The van der Waals surface area contributed by atoms with Gasteiger partial charge in [-0.05, 0) is 94.1 Å². The molecule has 2 aromatic carbocycles. The van der Waals surface area contributed by atoms with Gasteiger partial charge < -0.3 is 10.9 Å². The van der Waals surface area contributed by atoms with Crippen molar-refractivity contribution in [2.75, 3.05) is 10.9 Å². The first-order valence-electron chi connectivity index (χ1n) is 5.29. The zero-order valence-electron chi connectivity index (χ0n) is 9.60. The van der Waals surface area contributed by atoms with E-state index in [9.17, 15) is 0 Å². The van der Waals surface area contributed by atoms with E-state index in [1.165, 1.54) is 9.13 Å². The highest BCUT2D eigenvalue weighted by Gasteiger charge is 1.99. The monoisotopic (exact) mass is 484 g/mol. The van der Waals surface area contributed by atoms with Gasteiger partial charge in [-0.2, -0.15) is 0 Å². The fourth-order valence-electron chi connectivity index (χ4n) is 1.44. The summed E-state index contributed by atoms with van der Waals surface area (Å²) in [5.41, 5.74) is 9.52. The van der Waals surface area contributed by atoms with E-state index < -0.39 is 0 Å². The summed E-state index contributed by atoms with van der Waals surface area (Å²) in [5, 5.41) is 0.751. The molecular weight excluding hydrogens is 473 g/mol. The van der Waals surface area contributed by atoms with Crippen molar-refractivity contribution in [3.63, 3.8) is 0 Å². The largest absolute Gasteiger partial charge is 0.301 e. The number of benzene rings is 2. The Morgan fingerprint density at radius 3 is 2.00 bits per heavy atom. The highest BCUT2D eigenvalue weighted by atomic mass is 127. The second-order valence-corrected chi connectivity index (χ2v) is 6.57. The van der Waals surface area contributed by atoms with Crippen LogP contribution >= 0.6 is 56.8 Å². The molecule has 0 aromatic heterocycles. The molecule has 0 amide bonds. The first kappa shape index (κ1) is 14.2. The maximum Gasteiger partial charge on any atom is 0.0560 e. The zero-order chi connectivity index (χ0) is 13.1. The molecule has 0 aliphatic carbocycles. The molecule has 2 nitrogen and oxygen atoms in total. The molecule has 0 spiro atoms. The summed E-state index contributed by atoms with van der Waals surface area (Å²) in [5.74, 6) is 0. The van der Waals surface area contributed by atoms with Gasteiger partial charge in [0, 0.05) is 7.14 Å². The van der Waals surface area contributed by atoms with Gasteiger partial charge in [-0.3, -0.25) is 0 Å². The van der Waals surface area contributed by atoms with Crippen LogP contribution in [0.15, 0.2) is 36.4 Å². The minimum absolute atomic E-state index is 0.751. The van der Waals surface area contributed by atoms with Crippen LogP contribution in [0, 0.1) is 14.1 Å². The van der Waals surface area contributed by atoms with E-state index in [0.717, 1.165) is 20.0 Å². The van der Waals surface area contributed by atoms with E-state index in [2.05, 4.69) is 75.1 Å². The molecule has 0 unspecified atom stereocenters. The van der Waals surface area contributed by atoms with Crippen LogP contribution in [0.25, 0.3) is 0 Å². The average molecular weight is 485 g/mol. The number of hydrogen-bond donors (Lipinski definition) is 2. The fraction of sp³-hybridized carbons (Fsp3) is 0.0769. The number of rotatable bonds is 3. The molecular formula is C13H11ClI2N2. The molecule has 0 aliphatic rings. The first-order valence-corrected chi connectivity index (χ1v) is 7.83. The predicted molar refractivity (Wildman–Crippen MR) is 95.3 cm³/mol. The molecule has 0 saturated heterocycles. The molecule has 18 heavy (non-hydrogen) atoms. The maximum absolute atomic E-state index is 6.07. The lowest BCUT2D eigenvalue weighted by molar-refractivity contribution is 1.36. The van der Waals surface area contributed by atoms with Gasteiger partial charge in [-0.1, -0.05) is 11.6 Å². The number of hydrogen-bond acceptors (Lipinski definition) is 2. The van der Waals surface area contributed by atoms with Gasteiger partial charge in [0.05, 0.1) is 16.4 Å². The lowest BCUT2D eigenvalue weighted by Crippen LogP contribution is -2.08. The highest BCUT2D eigenvalue weighted by molar-refractivity contribution is 14.1. The third kappa shape index (κ3) is 3.64. The van der Waals surface area contributed by atoms with Gasteiger partial charge >= 0.3 is 0 Å². The summed E-state index contributed by atoms with van der Waals surface area (Å²) in [4.78, 5) is 0. The summed E-state index contributed by atoms with van der Waals surface area (Å²) in [6.45, 7) is 2.09. The minimum atomic E-state index is 0.751. The third-order valence-corrected chi connectivity index (χ3v) is 5.21. The summed E-state index contributed by atoms with van der Waals surface area (Å²) in [7, 11) is 0. The highest BCUT2D eigenvalue weighted by Crippen LogP contribution is 2.23. The Morgan fingerprint density at radius 1 is 0.889 bits per heavy atom. The standard InChI is InChI=1S/C13H11ClI2N2/c1-8-6-9(2-4-12(8)15)17-18-10-3-5-13(16)11(14)7-10/h2-7,17-18H,1H3. The van der Waals surface area contributed by atoms with E-state index in [0.29, 0.717) is 0 Å². The van der Waals surface area contributed by atoms with E-state index >= 15 is 0 Å². The summed E-state index contributed by atoms with van der Waals surface area (Å²) in [6, 6.07) is 12.1. The van der Waals surface area contributed by atoms with Crippen molar-refractivity contribution in [1.29, 1.82) is 0 Å². The van der Waals surface area contributed by atoms with Crippen molar-refractivity contribution >= 4 is 68.2 Å². The molecule has 0 fully saturated rings. The second kappa shape index (κ2) is 6.29. The van der Waals surface area contributed by atoms with Crippen LogP contribution in [0.5, 0.6) is 0 Å². The van der Waals surface area contributed by atoms with Gasteiger partial charge in [0.1, 0.15) is 0 Å². The van der Waals surface area contributed by atoms with Gasteiger partial charge in [0.25, 0.3) is 0 Å². The van der Waals surface area contributed by atoms with Crippen molar-refractivity contribution in [2.45, 2.75) is 6.92 Å². The lowest BCUT2D eigenvalue weighted by atomic mass is 10.2. The van der Waals surface area contributed by atoms with Gasteiger partial charge in [-0.15, -0.1) is 0 Å². The van der Waals surface area contributed by atoms with Gasteiger partial charge in [0.15, 0.2) is 0 Å². The number of halogens is 3. The summed E-state index contributed by atoms with van der Waals surface area (Å²) in [6.07, 6.45) is 0. The van der Waals surface area contributed by atoms with Crippen LogP contribution in [0.2, 0.25) is 5.02 Å². The Balaban J connectivity index is 2.06. The Bertz CT molecular complexity index is 521. The molecule has 2 rings (SSSR count). The quantitative estimate of drug-likeness (QED) is 0.457. The molecule has 0 heterocycles. The molecule has 5 heteroatoms. The zero-order valence-corrected chi connectivity index (χ0v) is 14.7. The van der Waals surface area contributed by atoms with Crippen molar-refractivity contribution in [1.82, 2.24) is 0 Å². The Hall–Kier alpha value is -0.210. The van der Waals surface area contributed by atoms with E-state index in [-0.39, 0.29) is 0 Å². The summed E-state index contributed by atoms with van der Waals surface area (Å²) >= 11 is 10.6. The van der Waals surface area contributed by atoms with Crippen molar-refractivity contribution in [3.05, 3.63) is 54.1 Å². The number of anilines is 2. The fourth-order valence-corrected chi connectivity index (χ4v) is 2.29. The Kier molecular flexibility index (Phi) is 4.97. The number of hydrazine groups is 1. The van der Waals surface area contributed by atoms with E-state index in [1.807, 2.05) is 24.3 Å². The smallest absolute Gasteiger partial charge is 0.0560 e. The molecule has 0 saturated carbocycles. The van der Waals surface area contributed by atoms with Crippen molar-refractivity contribution in [3.8, 4) is 0 Å². The first-order chi connectivity index (χ1) is 8.56. The van der Waals surface area contributed by atoms with E-state index in [1.54, 1.807) is 0 Å². The van der Waals surface area contributed by atoms with Crippen LogP contribution in [-0.4, -0.2) is 0 Å². The van der Waals surface area contributed by atoms with Crippen LogP contribution in [0.1, 0.15) is 5.56 Å². The lowest BCUT2D eigenvalue weighted by Gasteiger charge is -2.11. The van der Waals surface area contributed by atoms with Crippen LogP contribution < -0.4 is 10.9 Å². The minimum Gasteiger partial charge on any atom is -0.301 e. The molecule has 2 N–H and O–H groups in total. The van der Waals surface area contributed by atoms with Crippen molar-refractivity contribution < 1.29 is 0 Å². The van der Waals surface area contributed by atoms with Crippen LogP contribution in [-0.2, 0) is 0 Å². The topological polar surface area (TPSA) is 24.1 Å². The average Bonchev–Trinajstić information content (AvgIpc) is 2.35. The summed E-state index contributed by atoms with van der Waals surface area (Å²) < 4.78 is 2.31. The molecule has 0 radical (unpaired) electrons. The molecule has 0 atom stereocenters.